The number of benzene rings is 2. The van der Waals surface area contributed by atoms with Crippen molar-refractivity contribution < 1.29 is 8.42 Å². The van der Waals surface area contributed by atoms with Crippen LogP contribution in [0.15, 0.2) is 59.5 Å². The number of nitrogens with zero attached hydrogens (tertiary/aromatic N) is 1. The van der Waals surface area contributed by atoms with Gasteiger partial charge < -0.3 is 5.73 Å². The summed E-state index contributed by atoms with van der Waals surface area (Å²) in [7, 11) is -3.52. The summed E-state index contributed by atoms with van der Waals surface area (Å²) >= 11 is 0. The molecule has 0 fully saturated rings. The van der Waals surface area contributed by atoms with Crippen molar-refractivity contribution in [2.24, 2.45) is 5.73 Å². The van der Waals surface area contributed by atoms with Crippen molar-refractivity contribution in [1.29, 1.82) is 0 Å². The highest BCUT2D eigenvalue weighted by Gasteiger charge is 2.23. The maximum absolute atomic E-state index is 12.7. The summed E-state index contributed by atoms with van der Waals surface area (Å²) in [5.74, 6) is 0. The molecule has 2 aromatic carbocycles. The van der Waals surface area contributed by atoms with Crippen LogP contribution in [0.5, 0.6) is 0 Å². The predicted molar refractivity (Wildman–Crippen MR) is 84.3 cm³/mol. The minimum absolute atomic E-state index is 0.290. The Balaban J connectivity index is 2.30. The van der Waals surface area contributed by atoms with E-state index >= 15 is 0 Å². The third kappa shape index (κ3) is 3.91. The Kier molecular flexibility index (Phi) is 5.12. The second-order valence-corrected chi connectivity index (χ2v) is 6.86. The van der Waals surface area contributed by atoms with Gasteiger partial charge >= 0.3 is 0 Å². The van der Waals surface area contributed by atoms with E-state index in [9.17, 15) is 8.42 Å². The summed E-state index contributed by atoms with van der Waals surface area (Å²) in [4.78, 5) is 0.303. The maximum Gasteiger partial charge on any atom is 0.243 e. The minimum atomic E-state index is -3.52. The van der Waals surface area contributed by atoms with Crippen molar-refractivity contribution in [2.75, 3.05) is 13.1 Å². The van der Waals surface area contributed by atoms with E-state index in [0.29, 0.717) is 18.0 Å². The van der Waals surface area contributed by atoms with Gasteiger partial charge in [0.1, 0.15) is 0 Å². The second-order valence-electron chi connectivity index (χ2n) is 4.93. The minimum Gasteiger partial charge on any atom is -0.329 e. The van der Waals surface area contributed by atoms with Crippen LogP contribution in [-0.4, -0.2) is 25.8 Å². The average Bonchev–Trinajstić information content (AvgIpc) is 2.48. The zero-order chi connectivity index (χ0) is 15.3. The lowest BCUT2D eigenvalue weighted by molar-refractivity contribution is 0.414. The lowest BCUT2D eigenvalue weighted by atomic mass is 10.2. The molecule has 0 atom stereocenters. The van der Waals surface area contributed by atoms with Crippen LogP contribution in [0.4, 0.5) is 0 Å². The first-order valence-electron chi connectivity index (χ1n) is 6.85. The van der Waals surface area contributed by atoms with Gasteiger partial charge in [-0.1, -0.05) is 48.0 Å². The number of hydrogen-bond donors (Lipinski definition) is 1. The number of nitrogens with two attached hydrogens (primary N) is 1. The van der Waals surface area contributed by atoms with Crippen LogP contribution in [0.2, 0.25) is 0 Å². The van der Waals surface area contributed by atoms with Gasteiger partial charge in [-0.05, 0) is 24.6 Å². The fourth-order valence-corrected chi connectivity index (χ4v) is 3.52. The Bertz CT molecular complexity index is 667. The maximum atomic E-state index is 12.7. The molecule has 2 N–H and O–H groups in total. The molecule has 0 aliphatic carbocycles. The summed E-state index contributed by atoms with van der Waals surface area (Å²) in [5.41, 5.74) is 7.55. The van der Waals surface area contributed by atoms with Crippen molar-refractivity contribution in [3.05, 3.63) is 65.7 Å². The van der Waals surface area contributed by atoms with Crippen molar-refractivity contribution in [2.45, 2.75) is 18.4 Å². The van der Waals surface area contributed by atoms with E-state index < -0.39 is 10.0 Å². The summed E-state index contributed by atoms with van der Waals surface area (Å²) in [6, 6.07) is 16.4. The van der Waals surface area contributed by atoms with E-state index in [-0.39, 0.29) is 6.54 Å². The van der Waals surface area contributed by atoms with Gasteiger partial charge in [0.05, 0.1) is 4.90 Å². The summed E-state index contributed by atoms with van der Waals surface area (Å²) in [6.07, 6.45) is 0. The highest BCUT2D eigenvalue weighted by Crippen LogP contribution is 2.18. The van der Waals surface area contributed by atoms with Gasteiger partial charge in [0.15, 0.2) is 0 Å². The van der Waals surface area contributed by atoms with Gasteiger partial charge in [-0.2, -0.15) is 4.31 Å². The van der Waals surface area contributed by atoms with E-state index in [1.165, 1.54) is 4.31 Å². The molecule has 0 unspecified atom stereocenters. The topological polar surface area (TPSA) is 63.4 Å². The molecule has 0 aromatic heterocycles. The molecule has 0 aliphatic rings. The molecular weight excluding hydrogens is 284 g/mol. The largest absolute Gasteiger partial charge is 0.329 e. The molecule has 4 nitrogen and oxygen atoms in total. The van der Waals surface area contributed by atoms with E-state index in [4.69, 9.17) is 5.73 Å². The van der Waals surface area contributed by atoms with Gasteiger partial charge in [-0.3, -0.25) is 0 Å². The monoisotopic (exact) mass is 304 g/mol. The van der Waals surface area contributed by atoms with E-state index in [1.54, 1.807) is 24.3 Å². The summed E-state index contributed by atoms with van der Waals surface area (Å²) in [5, 5.41) is 0. The third-order valence-corrected chi connectivity index (χ3v) is 5.10. The molecule has 0 bridgehead atoms. The molecular formula is C16H20N2O2S. The summed E-state index contributed by atoms with van der Waals surface area (Å²) in [6.45, 7) is 2.84. The Morgan fingerprint density at radius 2 is 1.62 bits per heavy atom. The van der Waals surface area contributed by atoms with Crippen molar-refractivity contribution in [3.8, 4) is 0 Å². The van der Waals surface area contributed by atoms with Crippen molar-refractivity contribution in [3.63, 3.8) is 0 Å². The lowest BCUT2D eigenvalue weighted by Gasteiger charge is -2.21. The zero-order valence-corrected chi connectivity index (χ0v) is 12.9. The first kappa shape index (κ1) is 15.7. The average molecular weight is 304 g/mol. The van der Waals surface area contributed by atoms with Crippen LogP contribution in [0.25, 0.3) is 0 Å². The second kappa shape index (κ2) is 6.85. The first-order valence-corrected chi connectivity index (χ1v) is 8.29. The first-order chi connectivity index (χ1) is 10.0. The molecule has 0 spiro atoms. The molecule has 0 heterocycles. The highest BCUT2D eigenvalue weighted by atomic mass is 32.2. The third-order valence-electron chi connectivity index (χ3n) is 3.24. The van der Waals surface area contributed by atoms with Gasteiger partial charge in [0.25, 0.3) is 0 Å². The van der Waals surface area contributed by atoms with E-state index in [2.05, 4.69) is 0 Å². The summed E-state index contributed by atoms with van der Waals surface area (Å²) < 4.78 is 26.8. The zero-order valence-electron chi connectivity index (χ0n) is 12.1. The number of hydrogen-bond acceptors (Lipinski definition) is 3. The van der Waals surface area contributed by atoms with Crippen LogP contribution >= 0.6 is 0 Å². The molecule has 2 aromatic rings. The molecule has 0 saturated heterocycles. The quantitative estimate of drug-likeness (QED) is 0.889. The van der Waals surface area contributed by atoms with Crippen molar-refractivity contribution >= 4 is 10.0 Å². The Hall–Kier alpha value is -1.69. The number of sulfonamides is 1. The number of rotatable bonds is 6. The van der Waals surface area contributed by atoms with Crippen molar-refractivity contribution in [1.82, 2.24) is 4.31 Å². The van der Waals surface area contributed by atoms with Crippen LogP contribution < -0.4 is 5.73 Å². The molecule has 0 radical (unpaired) electrons. The Morgan fingerprint density at radius 1 is 1.00 bits per heavy atom. The molecule has 0 saturated carbocycles. The Labute approximate surface area is 126 Å². The van der Waals surface area contributed by atoms with Gasteiger partial charge in [-0.25, -0.2) is 8.42 Å². The molecule has 21 heavy (non-hydrogen) atoms. The molecule has 5 heteroatoms. The van der Waals surface area contributed by atoms with Gasteiger partial charge in [0.2, 0.25) is 10.0 Å². The molecule has 112 valence electrons. The van der Waals surface area contributed by atoms with Crippen LogP contribution in [-0.2, 0) is 16.6 Å². The molecule has 2 rings (SSSR count). The number of aryl methyl sites for hydroxylation is 1. The molecule has 0 amide bonds. The normalized spacial score (nSPS) is 11.8. The Morgan fingerprint density at radius 3 is 2.19 bits per heavy atom. The van der Waals surface area contributed by atoms with E-state index in [1.807, 2.05) is 37.3 Å². The van der Waals surface area contributed by atoms with Gasteiger partial charge in [0, 0.05) is 19.6 Å². The lowest BCUT2D eigenvalue weighted by Crippen LogP contribution is -2.34. The molecule has 0 aliphatic heterocycles. The van der Waals surface area contributed by atoms with Gasteiger partial charge in [-0.15, -0.1) is 0 Å². The van der Waals surface area contributed by atoms with Crippen LogP contribution in [0, 0.1) is 6.92 Å². The fraction of sp³-hybridized carbons (Fsp3) is 0.250. The predicted octanol–water partition coefficient (Wildman–Crippen LogP) is 2.14. The smallest absolute Gasteiger partial charge is 0.243 e. The van der Waals surface area contributed by atoms with E-state index in [0.717, 1.165) is 11.1 Å². The van der Waals surface area contributed by atoms with Crippen LogP contribution in [0.1, 0.15) is 11.1 Å². The fourth-order valence-electron chi connectivity index (χ4n) is 2.07. The standard InChI is InChI=1S/C16H20N2O2S/c1-14-7-9-16(10-8-14)21(19,20)18(12-11-17)13-15-5-3-2-4-6-15/h2-10H,11-13,17H2,1H3. The highest BCUT2D eigenvalue weighted by molar-refractivity contribution is 7.89. The van der Waals surface area contributed by atoms with Crippen LogP contribution in [0.3, 0.4) is 0 Å². The SMILES string of the molecule is Cc1ccc(S(=O)(=O)N(CCN)Cc2ccccc2)cc1.